The van der Waals surface area contributed by atoms with Crippen molar-refractivity contribution in [1.82, 2.24) is 14.8 Å². The zero-order valence-electron chi connectivity index (χ0n) is 12.2. The molecule has 22 heavy (non-hydrogen) atoms. The predicted molar refractivity (Wildman–Crippen MR) is 81.3 cm³/mol. The number of nitriles is 1. The third-order valence-corrected chi connectivity index (χ3v) is 3.44. The van der Waals surface area contributed by atoms with Crippen molar-refractivity contribution in [3.8, 4) is 28.5 Å². The molecule has 0 unspecified atom stereocenters. The monoisotopic (exact) mass is 292 g/mol. The van der Waals surface area contributed by atoms with E-state index in [1.165, 1.54) is 6.20 Å². The lowest BCUT2D eigenvalue weighted by Gasteiger charge is -2.05. The van der Waals surface area contributed by atoms with Crippen molar-refractivity contribution >= 4 is 0 Å². The Morgan fingerprint density at radius 3 is 2.55 bits per heavy atom. The van der Waals surface area contributed by atoms with Gasteiger partial charge in [0, 0.05) is 36.1 Å². The van der Waals surface area contributed by atoms with Crippen LogP contribution >= 0.6 is 0 Å². The van der Waals surface area contributed by atoms with Gasteiger partial charge in [-0.25, -0.2) is 9.37 Å². The summed E-state index contributed by atoms with van der Waals surface area (Å²) in [5, 5.41) is 13.4. The molecule has 0 aliphatic carbocycles. The summed E-state index contributed by atoms with van der Waals surface area (Å²) in [6, 6.07) is 11.2. The molecule has 3 rings (SSSR count). The van der Waals surface area contributed by atoms with E-state index in [9.17, 15) is 4.39 Å². The second-order valence-electron chi connectivity index (χ2n) is 5.06. The Balaban J connectivity index is 2.21. The zero-order chi connectivity index (χ0) is 15.7. The highest BCUT2D eigenvalue weighted by Gasteiger charge is 2.17. The van der Waals surface area contributed by atoms with Crippen molar-refractivity contribution in [1.29, 1.82) is 5.26 Å². The maximum Gasteiger partial charge on any atom is 0.176 e. The zero-order valence-corrected chi connectivity index (χ0v) is 12.2. The molecule has 0 amide bonds. The quantitative estimate of drug-likeness (QED) is 0.726. The van der Waals surface area contributed by atoms with Crippen LogP contribution in [0.3, 0.4) is 0 Å². The normalized spacial score (nSPS) is 10.5. The van der Waals surface area contributed by atoms with Gasteiger partial charge in [0.25, 0.3) is 0 Å². The molecule has 0 N–H and O–H groups in total. The van der Waals surface area contributed by atoms with Crippen LogP contribution in [0.2, 0.25) is 0 Å². The molecule has 1 aromatic carbocycles. The summed E-state index contributed by atoms with van der Waals surface area (Å²) in [6.45, 7) is 2.00. The Kier molecular flexibility index (Phi) is 3.43. The molecule has 3 aromatic rings. The molecule has 4 nitrogen and oxygen atoms in total. The van der Waals surface area contributed by atoms with Crippen LogP contribution in [0, 0.1) is 24.1 Å². The first-order valence-electron chi connectivity index (χ1n) is 6.76. The number of hydrogen-bond donors (Lipinski definition) is 0. The summed E-state index contributed by atoms with van der Waals surface area (Å²) in [7, 11) is 1.78. The Morgan fingerprint density at radius 1 is 1.14 bits per heavy atom. The van der Waals surface area contributed by atoms with Crippen molar-refractivity contribution in [2.24, 2.45) is 7.05 Å². The van der Waals surface area contributed by atoms with Crippen LogP contribution in [0.15, 0.2) is 42.7 Å². The maximum absolute atomic E-state index is 14.4. The van der Waals surface area contributed by atoms with Gasteiger partial charge in [-0.05, 0) is 13.0 Å². The van der Waals surface area contributed by atoms with E-state index < -0.39 is 5.82 Å². The fraction of sp³-hybridized carbons (Fsp3) is 0.118. The van der Waals surface area contributed by atoms with Gasteiger partial charge in [-0.15, -0.1) is 0 Å². The van der Waals surface area contributed by atoms with Gasteiger partial charge in [0.2, 0.25) is 0 Å². The van der Waals surface area contributed by atoms with E-state index in [1.54, 1.807) is 30.1 Å². The van der Waals surface area contributed by atoms with E-state index in [2.05, 4.69) is 10.1 Å². The molecule has 108 valence electrons. The Hall–Kier alpha value is -3.00. The van der Waals surface area contributed by atoms with Gasteiger partial charge in [-0.3, -0.25) is 4.68 Å². The molecule has 0 saturated heterocycles. The molecule has 0 aliphatic rings. The molecule has 5 heteroatoms. The lowest BCUT2D eigenvalue weighted by atomic mass is 10.0. The highest BCUT2D eigenvalue weighted by atomic mass is 19.1. The third kappa shape index (κ3) is 2.35. The van der Waals surface area contributed by atoms with E-state index >= 15 is 0 Å². The largest absolute Gasteiger partial charge is 0.275 e. The number of pyridine rings is 1. The number of nitrogens with zero attached hydrogens (tertiary/aromatic N) is 4. The summed E-state index contributed by atoms with van der Waals surface area (Å²) in [5.41, 5.74) is 3.48. The van der Waals surface area contributed by atoms with Crippen molar-refractivity contribution in [3.63, 3.8) is 0 Å². The molecule has 0 atom stereocenters. The first kappa shape index (κ1) is 14.0. The minimum Gasteiger partial charge on any atom is -0.275 e. The minimum absolute atomic E-state index is 0.212. The third-order valence-electron chi connectivity index (χ3n) is 3.44. The molecule has 0 spiro atoms. The number of aryl methyl sites for hydroxylation is 2. The molecule has 2 aromatic heterocycles. The van der Waals surface area contributed by atoms with Gasteiger partial charge >= 0.3 is 0 Å². The average Bonchev–Trinajstić information content (AvgIpc) is 2.90. The fourth-order valence-electron chi connectivity index (χ4n) is 2.34. The second-order valence-corrected chi connectivity index (χ2v) is 5.06. The minimum atomic E-state index is -0.619. The second kappa shape index (κ2) is 5.41. The van der Waals surface area contributed by atoms with Crippen LogP contribution in [-0.2, 0) is 7.05 Å². The van der Waals surface area contributed by atoms with Crippen molar-refractivity contribution < 1.29 is 4.39 Å². The van der Waals surface area contributed by atoms with E-state index in [1.807, 2.05) is 31.2 Å². The molecular weight excluding hydrogens is 279 g/mol. The van der Waals surface area contributed by atoms with Crippen LogP contribution in [0.4, 0.5) is 4.39 Å². The number of hydrogen-bond acceptors (Lipinski definition) is 3. The summed E-state index contributed by atoms with van der Waals surface area (Å²) >= 11 is 0. The Morgan fingerprint density at radius 2 is 1.86 bits per heavy atom. The number of aromatic nitrogens is 3. The van der Waals surface area contributed by atoms with Crippen LogP contribution in [0.1, 0.15) is 11.3 Å². The molecular formula is C17H13FN4. The number of halogens is 1. The standard InChI is InChI=1S/C17H13FN4/c1-11-3-5-12(6-4-11)17-14(10-22(2)21-17)13-7-8-20-15(9-19)16(13)18/h3-8,10H,1-2H3. The summed E-state index contributed by atoms with van der Waals surface area (Å²) in [5.74, 6) is -0.619. The maximum atomic E-state index is 14.4. The molecule has 2 heterocycles. The van der Waals surface area contributed by atoms with E-state index in [-0.39, 0.29) is 5.69 Å². The predicted octanol–water partition coefficient (Wildman–Crippen LogP) is 3.47. The number of rotatable bonds is 2. The van der Waals surface area contributed by atoms with Gasteiger partial charge in [-0.2, -0.15) is 10.4 Å². The molecule has 0 saturated carbocycles. The SMILES string of the molecule is Cc1ccc(-c2nn(C)cc2-c2ccnc(C#N)c2F)cc1. The van der Waals surface area contributed by atoms with E-state index in [0.29, 0.717) is 16.8 Å². The Bertz CT molecular complexity index is 873. The van der Waals surface area contributed by atoms with Crippen molar-refractivity contribution in [2.75, 3.05) is 0 Å². The van der Waals surface area contributed by atoms with Gasteiger partial charge in [0.1, 0.15) is 11.8 Å². The summed E-state index contributed by atoms with van der Waals surface area (Å²) in [6.07, 6.45) is 3.18. The Labute approximate surface area is 127 Å². The molecule has 0 fully saturated rings. The van der Waals surface area contributed by atoms with Crippen LogP contribution < -0.4 is 0 Å². The summed E-state index contributed by atoms with van der Waals surface area (Å²) < 4.78 is 16.0. The van der Waals surface area contributed by atoms with Gasteiger partial charge < -0.3 is 0 Å². The van der Waals surface area contributed by atoms with Gasteiger partial charge in [-0.1, -0.05) is 29.8 Å². The molecule has 0 aliphatic heterocycles. The number of benzene rings is 1. The lowest BCUT2D eigenvalue weighted by Crippen LogP contribution is -1.93. The van der Waals surface area contributed by atoms with Crippen LogP contribution in [-0.4, -0.2) is 14.8 Å². The topological polar surface area (TPSA) is 54.5 Å². The van der Waals surface area contributed by atoms with Gasteiger partial charge in [0.05, 0.1) is 0 Å². The molecule has 0 radical (unpaired) electrons. The molecule has 0 bridgehead atoms. The smallest absolute Gasteiger partial charge is 0.176 e. The van der Waals surface area contributed by atoms with Crippen molar-refractivity contribution in [3.05, 3.63) is 59.8 Å². The average molecular weight is 292 g/mol. The first-order chi connectivity index (χ1) is 10.6. The lowest BCUT2D eigenvalue weighted by molar-refractivity contribution is 0.620. The van der Waals surface area contributed by atoms with E-state index in [4.69, 9.17) is 5.26 Å². The van der Waals surface area contributed by atoms with Crippen LogP contribution in [0.5, 0.6) is 0 Å². The van der Waals surface area contributed by atoms with E-state index in [0.717, 1.165) is 11.1 Å². The van der Waals surface area contributed by atoms with Gasteiger partial charge in [0.15, 0.2) is 11.5 Å². The summed E-state index contributed by atoms with van der Waals surface area (Å²) in [4.78, 5) is 3.74. The van der Waals surface area contributed by atoms with Crippen LogP contribution in [0.25, 0.3) is 22.4 Å². The highest BCUT2D eigenvalue weighted by molar-refractivity contribution is 5.81. The fourth-order valence-corrected chi connectivity index (χ4v) is 2.34. The van der Waals surface area contributed by atoms with Crippen molar-refractivity contribution in [2.45, 2.75) is 6.92 Å². The highest BCUT2D eigenvalue weighted by Crippen LogP contribution is 2.32. The first-order valence-corrected chi connectivity index (χ1v) is 6.76.